The molecule has 4 rings (SSSR count). The molecule has 0 radical (unpaired) electrons. The first-order valence-electron chi connectivity index (χ1n) is 8.82. The van der Waals surface area contributed by atoms with Crippen LogP contribution in [0.25, 0.3) is 0 Å². The van der Waals surface area contributed by atoms with Crippen LogP contribution >= 0.6 is 0 Å². The summed E-state index contributed by atoms with van der Waals surface area (Å²) >= 11 is 0. The largest absolute Gasteiger partial charge is 0.491 e. The van der Waals surface area contributed by atoms with E-state index in [1.807, 2.05) is 0 Å². The van der Waals surface area contributed by atoms with E-state index in [4.69, 9.17) is 4.74 Å². The summed E-state index contributed by atoms with van der Waals surface area (Å²) in [5.74, 6) is 0.952. The number of carbonyl (C=O) groups excluding carboxylic acids is 2. The Bertz CT molecular complexity index is 819. The Morgan fingerprint density at radius 2 is 2.15 bits per heavy atom. The Morgan fingerprint density at radius 3 is 2.92 bits per heavy atom. The Hall–Kier alpha value is -2.80. The fourth-order valence-corrected chi connectivity index (χ4v) is 3.36. The molecule has 1 saturated heterocycles. The van der Waals surface area contributed by atoms with Crippen LogP contribution in [-0.4, -0.2) is 52.3 Å². The third-order valence-electron chi connectivity index (χ3n) is 4.73. The number of ether oxygens (including phenoxy) is 1. The van der Waals surface area contributed by atoms with Crippen LogP contribution in [0.3, 0.4) is 0 Å². The number of nitrogens with one attached hydrogen (secondary N) is 1. The maximum Gasteiger partial charge on any atom is 0.258 e. The number of nitrogens with zero attached hydrogens (tertiary/aromatic N) is 3. The first-order valence-corrected chi connectivity index (χ1v) is 8.82. The number of carbonyl (C=O) groups is 2. The Kier molecular flexibility index (Phi) is 4.62. The van der Waals surface area contributed by atoms with Gasteiger partial charge in [0.25, 0.3) is 5.91 Å². The van der Waals surface area contributed by atoms with Crippen molar-refractivity contribution in [2.45, 2.75) is 25.4 Å². The van der Waals surface area contributed by atoms with E-state index in [9.17, 15) is 9.59 Å². The molecule has 1 aromatic carbocycles. The minimum absolute atomic E-state index is 0.0280. The van der Waals surface area contributed by atoms with Crippen molar-refractivity contribution in [2.75, 3.05) is 19.7 Å². The molecule has 1 unspecified atom stereocenters. The SMILES string of the molecule is O=C(c1ccc2c(c1)C(=O)N(Cc1ncccn1)CCO2)C1CCCN1. The summed E-state index contributed by atoms with van der Waals surface area (Å²) in [6.45, 7) is 2.00. The molecule has 7 heteroatoms. The predicted octanol–water partition coefficient (Wildman–Crippen LogP) is 1.45. The minimum Gasteiger partial charge on any atom is -0.491 e. The molecule has 1 N–H and O–H groups in total. The standard InChI is InChI=1S/C19H20N4O3/c24-18(15-3-1-6-20-15)13-4-5-16-14(11-13)19(25)23(9-10-26-16)12-17-21-7-2-8-22-17/h2,4-5,7-8,11,15,20H,1,3,6,9-10,12H2. The number of amides is 1. The molecule has 1 aromatic heterocycles. The summed E-state index contributed by atoms with van der Waals surface area (Å²) in [7, 11) is 0. The van der Waals surface area contributed by atoms with E-state index < -0.39 is 0 Å². The van der Waals surface area contributed by atoms with Gasteiger partial charge in [0.1, 0.15) is 18.2 Å². The lowest BCUT2D eigenvalue weighted by molar-refractivity contribution is 0.0738. The first kappa shape index (κ1) is 16.7. The minimum atomic E-state index is -0.168. The van der Waals surface area contributed by atoms with Crippen LogP contribution in [0, 0.1) is 0 Å². The second kappa shape index (κ2) is 7.21. The van der Waals surface area contributed by atoms with E-state index in [0.717, 1.165) is 19.4 Å². The maximum absolute atomic E-state index is 13.0. The van der Waals surface area contributed by atoms with Gasteiger partial charge < -0.3 is 15.0 Å². The number of benzene rings is 1. The van der Waals surface area contributed by atoms with Gasteiger partial charge in [-0.15, -0.1) is 0 Å². The van der Waals surface area contributed by atoms with Gasteiger partial charge >= 0.3 is 0 Å². The molecule has 3 heterocycles. The zero-order valence-electron chi connectivity index (χ0n) is 14.4. The van der Waals surface area contributed by atoms with Crippen LogP contribution in [0.1, 0.15) is 39.4 Å². The maximum atomic E-state index is 13.0. The molecule has 0 bridgehead atoms. The molecule has 7 nitrogen and oxygen atoms in total. The van der Waals surface area contributed by atoms with Crippen molar-refractivity contribution >= 4 is 11.7 Å². The Labute approximate surface area is 151 Å². The van der Waals surface area contributed by atoms with Crippen molar-refractivity contribution in [3.05, 3.63) is 53.6 Å². The number of hydrogen-bond acceptors (Lipinski definition) is 6. The summed E-state index contributed by atoms with van der Waals surface area (Å²) < 4.78 is 5.72. The highest BCUT2D eigenvalue weighted by Gasteiger charge is 2.28. The third kappa shape index (κ3) is 3.30. The van der Waals surface area contributed by atoms with Crippen molar-refractivity contribution in [3.8, 4) is 5.75 Å². The lowest BCUT2D eigenvalue weighted by Gasteiger charge is -2.19. The average Bonchev–Trinajstić information content (AvgIpc) is 3.17. The van der Waals surface area contributed by atoms with Crippen LogP contribution in [0.15, 0.2) is 36.7 Å². The summed E-state index contributed by atoms with van der Waals surface area (Å²) in [5, 5.41) is 3.21. The zero-order valence-corrected chi connectivity index (χ0v) is 14.4. The summed E-state index contributed by atoms with van der Waals surface area (Å²) in [6, 6.07) is 6.69. The van der Waals surface area contributed by atoms with Crippen LogP contribution in [0.2, 0.25) is 0 Å². The second-order valence-corrected chi connectivity index (χ2v) is 6.46. The average molecular weight is 352 g/mol. The van der Waals surface area contributed by atoms with E-state index in [1.165, 1.54) is 0 Å². The Balaban J connectivity index is 1.60. The monoisotopic (exact) mass is 352 g/mol. The highest BCUT2D eigenvalue weighted by molar-refractivity contribution is 6.04. The molecule has 134 valence electrons. The van der Waals surface area contributed by atoms with Gasteiger partial charge in [-0.1, -0.05) is 0 Å². The van der Waals surface area contributed by atoms with Crippen LogP contribution in [0.5, 0.6) is 5.75 Å². The molecule has 0 spiro atoms. The van der Waals surface area contributed by atoms with E-state index >= 15 is 0 Å². The number of ketones is 1. The molecule has 0 aliphatic carbocycles. The molecule has 26 heavy (non-hydrogen) atoms. The second-order valence-electron chi connectivity index (χ2n) is 6.46. The van der Waals surface area contributed by atoms with E-state index in [-0.39, 0.29) is 17.7 Å². The highest BCUT2D eigenvalue weighted by atomic mass is 16.5. The van der Waals surface area contributed by atoms with Gasteiger partial charge in [0, 0.05) is 18.0 Å². The fourth-order valence-electron chi connectivity index (χ4n) is 3.36. The normalized spacial score (nSPS) is 19.6. The fraction of sp³-hybridized carbons (Fsp3) is 0.368. The van der Waals surface area contributed by atoms with Gasteiger partial charge in [-0.3, -0.25) is 9.59 Å². The summed E-state index contributed by atoms with van der Waals surface area (Å²) in [6.07, 6.45) is 5.13. The van der Waals surface area contributed by atoms with E-state index in [2.05, 4.69) is 15.3 Å². The lowest BCUT2D eigenvalue weighted by Crippen LogP contribution is -2.33. The molecular weight excluding hydrogens is 332 g/mol. The van der Waals surface area contributed by atoms with E-state index in [0.29, 0.717) is 42.4 Å². The predicted molar refractivity (Wildman–Crippen MR) is 94.1 cm³/mol. The molecule has 1 amide bonds. The van der Waals surface area contributed by atoms with Crippen LogP contribution in [-0.2, 0) is 6.54 Å². The molecular formula is C19H20N4O3. The van der Waals surface area contributed by atoms with Crippen LogP contribution < -0.4 is 10.1 Å². The van der Waals surface area contributed by atoms with Gasteiger partial charge in [0.15, 0.2) is 5.78 Å². The Morgan fingerprint density at radius 1 is 1.31 bits per heavy atom. The molecule has 2 aromatic rings. The number of fused-ring (bicyclic) bond motifs is 1. The van der Waals surface area contributed by atoms with E-state index in [1.54, 1.807) is 41.6 Å². The molecule has 1 fully saturated rings. The lowest BCUT2D eigenvalue weighted by atomic mass is 10.00. The first-order chi connectivity index (χ1) is 12.7. The number of aromatic nitrogens is 2. The van der Waals surface area contributed by atoms with Crippen molar-refractivity contribution in [3.63, 3.8) is 0 Å². The van der Waals surface area contributed by atoms with Crippen molar-refractivity contribution < 1.29 is 14.3 Å². The number of rotatable bonds is 4. The topological polar surface area (TPSA) is 84.4 Å². The zero-order chi connectivity index (χ0) is 17.9. The van der Waals surface area contributed by atoms with Gasteiger partial charge in [-0.2, -0.15) is 0 Å². The van der Waals surface area contributed by atoms with Crippen molar-refractivity contribution in [1.29, 1.82) is 0 Å². The third-order valence-corrected chi connectivity index (χ3v) is 4.73. The molecule has 1 atom stereocenters. The summed E-state index contributed by atoms with van der Waals surface area (Å²) in [4.78, 5) is 35.7. The molecule has 2 aliphatic heterocycles. The number of hydrogen-bond donors (Lipinski definition) is 1. The molecule has 0 saturated carbocycles. The van der Waals surface area contributed by atoms with Crippen molar-refractivity contribution in [2.24, 2.45) is 0 Å². The molecule has 2 aliphatic rings. The van der Waals surface area contributed by atoms with Crippen molar-refractivity contribution in [1.82, 2.24) is 20.2 Å². The summed E-state index contributed by atoms with van der Waals surface area (Å²) in [5.41, 5.74) is 0.959. The van der Waals surface area contributed by atoms with Gasteiger partial charge in [-0.05, 0) is 43.7 Å². The smallest absolute Gasteiger partial charge is 0.258 e. The van der Waals surface area contributed by atoms with Gasteiger partial charge in [-0.25, -0.2) is 9.97 Å². The van der Waals surface area contributed by atoms with Crippen LogP contribution in [0.4, 0.5) is 0 Å². The highest BCUT2D eigenvalue weighted by Crippen LogP contribution is 2.26. The van der Waals surface area contributed by atoms with Gasteiger partial charge in [0.2, 0.25) is 0 Å². The van der Waals surface area contributed by atoms with Gasteiger partial charge in [0.05, 0.1) is 24.7 Å². The number of Topliss-reactive ketones (excluding diaryl/α,β-unsaturated/α-hetero) is 1. The quantitative estimate of drug-likeness (QED) is 0.839.